The highest BCUT2D eigenvalue weighted by Crippen LogP contribution is 2.10. The Morgan fingerprint density at radius 1 is 1.17 bits per heavy atom. The summed E-state index contributed by atoms with van der Waals surface area (Å²) < 4.78 is 4.81. The number of carbonyl (C=O) groups excluding carboxylic acids is 3. The number of amides is 2. The Labute approximate surface area is 141 Å². The summed E-state index contributed by atoms with van der Waals surface area (Å²) in [5, 5.41) is 5.15. The van der Waals surface area contributed by atoms with Crippen molar-refractivity contribution in [1.29, 1.82) is 0 Å². The number of hydrogen-bond acceptors (Lipinski definition) is 5. The summed E-state index contributed by atoms with van der Waals surface area (Å²) in [5.41, 5.74) is 6.36. The Hall–Kier alpha value is -2.12. The molecule has 0 spiro atoms. The van der Waals surface area contributed by atoms with E-state index in [0.717, 1.165) is 0 Å². The first-order chi connectivity index (χ1) is 10.3. The molecule has 2 amide bonds. The van der Waals surface area contributed by atoms with Gasteiger partial charge in [-0.15, -0.1) is 12.4 Å². The lowest BCUT2D eigenvalue weighted by Gasteiger charge is -2.13. The largest absolute Gasteiger partial charge is 0.464 e. The molecule has 4 N–H and O–H groups in total. The zero-order chi connectivity index (χ0) is 16.7. The molecule has 0 aliphatic carbocycles. The van der Waals surface area contributed by atoms with Crippen LogP contribution in [0.3, 0.4) is 0 Å². The average Bonchev–Trinajstić information content (AvgIpc) is 2.47. The van der Waals surface area contributed by atoms with Gasteiger partial charge in [0.15, 0.2) is 0 Å². The average molecular weight is 344 g/mol. The van der Waals surface area contributed by atoms with Gasteiger partial charge in [-0.05, 0) is 45.0 Å². The summed E-state index contributed by atoms with van der Waals surface area (Å²) in [7, 11) is 0. The fourth-order valence-electron chi connectivity index (χ4n) is 1.57. The van der Waals surface area contributed by atoms with Gasteiger partial charge in [0.2, 0.25) is 5.91 Å². The molecule has 0 saturated carbocycles. The first-order valence-corrected chi connectivity index (χ1v) is 6.99. The van der Waals surface area contributed by atoms with E-state index in [4.69, 9.17) is 10.5 Å². The van der Waals surface area contributed by atoms with Crippen LogP contribution in [0.1, 0.15) is 31.1 Å². The van der Waals surface area contributed by atoms with E-state index in [-0.39, 0.29) is 24.9 Å². The van der Waals surface area contributed by atoms with Crippen LogP contribution in [0.25, 0.3) is 0 Å². The predicted molar refractivity (Wildman–Crippen MR) is 89.5 cm³/mol. The second kappa shape index (κ2) is 9.81. The lowest BCUT2D eigenvalue weighted by molar-refractivity contribution is -0.144. The van der Waals surface area contributed by atoms with Gasteiger partial charge in [-0.3, -0.25) is 9.59 Å². The van der Waals surface area contributed by atoms with Gasteiger partial charge >= 0.3 is 5.97 Å². The van der Waals surface area contributed by atoms with Crippen LogP contribution in [0.5, 0.6) is 0 Å². The fourth-order valence-corrected chi connectivity index (χ4v) is 1.57. The Morgan fingerprint density at radius 2 is 1.74 bits per heavy atom. The molecule has 23 heavy (non-hydrogen) atoms. The van der Waals surface area contributed by atoms with Crippen molar-refractivity contribution in [2.24, 2.45) is 5.73 Å². The molecule has 8 heteroatoms. The fraction of sp³-hybridized carbons (Fsp3) is 0.400. The van der Waals surface area contributed by atoms with Gasteiger partial charge in [-0.2, -0.15) is 0 Å². The van der Waals surface area contributed by atoms with Crippen molar-refractivity contribution in [2.75, 3.05) is 11.9 Å². The SMILES string of the molecule is CCOC(=O)C(C)NC(=O)c1ccc(NC(=O)[C@H](C)N)cc1.Cl. The minimum atomic E-state index is -0.732. The Kier molecular flexibility index (Phi) is 8.90. The molecule has 0 fully saturated rings. The number of benzene rings is 1. The molecule has 1 aromatic rings. The van der Waals surface area contributed by atoms with E-state index in [9.17, 15) is 14.4 Å². The molecule has 128 valence electrons. The number of halogens is 1. The van der Waals surface area contributed by atoms with Gasteiger partial charge in [0.1, 0.15) is 6.04 Å². The van der Waals surface area contributed by atoms with E-state index in [1.807, 2.05) is 0 Å². The van der Waals surface area contributed by atoms with Crippen molar-refractivity contribution in [3.8, 4) is 0 Å². The molecule has 0 aliphatic rings. The van der Waals surface area contributed by atoms with E-state index >= 15 is 0 Å². The molecular formula is C15H22ClN3O4. The molecule has 0 saturated heterocycles. The summed E-state index contributed by atoms with van der Waals surface area (Å²) in [6.45, 7) is 5.08. The highest BCUT2D eigenvalue weighted by Gasteiger charge is 2.17. The van der Waals surface area contributed by atoms with Gasteiger partial charge < -0.3 is 21.1 Å². The highest BCUT2D eigenvalue weighted by atomic mass is 35.5. The molecule has 0 aromatic heterocycles. The maximum absolute atomic E-state index is 12.0. The van der Waals surface area contributed by atoms with Gasteiger partial charge in [0.25, 0.3) is 5.91 Å². The van der Waals surface area contributed by atoms with E-state index < -0.39 is 24.0 Å². The second-order valence-electron chi connectivity index (χ2n) is 4.80. The number of nitrogens with two attached hydrogens (primary N) is 1. The number of rotatable bonds is 6. The molecule has 1 aromatic carbocycles. The standard InChI is InChI=1S/C15H21N3O4.ClH/c1-4-22-15(21)10(3)17-14(20)11-5-7-12(8-6-11)18-13(19)9(2)16;/h5-10H,4,16H2,1-3H3,(H,17,20)(H,18,19);1H/t9-,10?;/m0./s1. The van der Waals surface area contributed by atoms with Crippen LogP contribution >= 0.6 is 12.4 Å². The summed E-state index contributed by atoms with van der Waals surface area (Å²) in [5.74, 6) is -1.20. The second-order valence-corrected chi connectivity index (χ2v) is 4.80. The van der Waals surface area contributed by atoms with Gasteiger partial charge in [-0.25, -0.2) is 4.79 Å². The van der Waals surface area contributed by atoms with Crippen molar-refractivity contribution < 1.29 is 19.1 Å². The quantitative estimate of drug-likeness (QED) is 0.669. The maximum atomic E-state index is 12.0. The minimum absolute atomic E-state index is 0. The zero-order valence-electron chi connectivity index (χ0n) is 13.3. The number of esters is 1. The van der Waals surface area contributed by atoms with Crippen molar-refractivity contribution in [3.63, 3.8) is 0 Å². The zero-order valence-corrected chi connectivity index (χ0v) is 14.1. The molecule has 0 radical (unpaired) electrons. The van der Waals surface area contributed by atoms with E-state index in [2.05, 4.69) is 10.6 Å². The van der Waals surface area contributed by atoms with Crippen LogP contribution in [-0.4, -0.2) is 36.5 Å². The predicted octanol–water partition coefficient (Wildman–Crippen LogP) is 1.08. The molecular weight excluding hydrogens is 322 g/mol. The van der Waals surface area contributed by atoms with Gasteiger partial charge in [0.05, 0.1) is 12.6 Å². The molecule has 0 aliphatic heterocycles. The first kappa shape index (κ1) is 20.9. The van der Waals surface area contributed by atoms with E-state index in [1.165, 1.54) is 0 Å². The van der Waals surface area contributed by atoms with Crippen LogP contribution in [-0.2, 0) is 14.3 Å². The third kappa shape index (κ3) is 6.66. The number of carbonyl (C=O) groups is 3. The summed E-state index contributed by atoms with van der Waals surface area (Å²) in [4.78, 5) is 34.9. The molecule has 7 nitrogen and oxygen atoms in total. The number of ether oxygens (including phenoxy) is 1. The van der Waals surface area contributed by atoms with Crippen LogP contribution in [0.4, 0.5) is 5.69 Å². The lowest BCUT2D eigenvalue weighted by Crippen LogP contribution is -2.39. The van der Waals surface area contributed by atoms with Crippen LogP contribution in [0, 0.1) is 0 Å². The Bertz CT molecular complexity index is 546. The monoisotopic (exact) mass is 343 g/mol. The Morgan fingerprint density at radius 3 is 2.22 bits per heavy atom. The topological polar surface area (TPSA) is 111 Å². The minimum Gasteiger partial charge on any atom is -0.464 e. The van der Waals surface area contributed by atoms with E-state index in [1.54, 1.807) is 45.0 Å². The molecule has 0 heterocycles. The summed E-state index contributed by atoms with van der Waals surface area (Å²) in [6, 6.07) is 4.92. The number of nitrogens with one attached hydrogen (secondary N) is 2. The molecule has 1 rings (SSSR count). The van der Waals surface area contributed by atoms with E-state index in [0.29, 0.717) is 11.3 Å². The molecule has 1 unspecified atom stereocenters. The molecule has 0 bridgehead atoms. The van der Waals surface area contributed by atoms with Crippen molar-refractivity contribution >= 4 is 35.9 Å². The lowest BCUT2D eigenvalue weighted by atomic mass is 10.1. The summed E-state index contributed by atoms with van der Waals surface area (Å²) in [6.07, 6.45) is 0. The van der Waals surface area contributed by atoms with Crippen LogP contribution in [0.2, 0.25) is 0 Å². The third-order valence-electron chi connectivity index (χ3n) is 2.82. The van der Waals surface area contributed by atoms with Crippen LogP contribution < -0.4 is 16.4 Å². The van der Waals surface area contributed by atoms with Crippen molar-refractivity contribution in [1.82, 2.24) is 5.32 Å². The smallest absolute Gasteiger partial charge is 0.328 e. The first-order valence-electron chi connectivity index (χ1n) is 6.99. The summed E-state index contributed by atoms with van der Waals surface area (Å²) >= 11 is 0. The van der Waals surface area contributed by atoms with Crippen LogP contribution in [0.15, 0.2) is 24.3 Å². The number of anilines is 1. The molecule has 2 atom stereocenters. The van der Waals surface area contributed by atoms with Gasteiger partial charge in [-0.1, -0.05) is 0 Å². The van der Waals surface area contributed by atoms with Crippen molar-refractivity contribution in [2.45, 2.75) is 32.9 Å². The number of hydrogen-bond donors (Lipinski definition) is 3. The third-order valence-corrected chi connectivity index (χ3v) is 2.82. The normalized spacial score (nSPS) is 12.3. The Balaban J connectivity index is 0.00000484. The maximum Gasteiger partial charge on any atom is 0.328 e. The highest BCUT2D eigenvalue weighted by molar-refractivity contribution is 5.98. The van der Waals surface area contributed by atoms with Crippen molar-refractivity contribution in [3.05, 3.63) is 29.8 Å². The van der Waals surface area contributed by atoms with Gasteiger partial charge in [0, 0.05) is 11.3 Å².